The Hall–Kier alpha value is -2.34. The van der Waals surface area contributed by atoms with Crippen molar-refractivity contribution in [1.82, 2.24) is 0 Å². The molecule has 0 heterocycles. The Labute approximate surface area is 158 Å². The number of hydrogen-bond acceptors (Lipinski definition) is 0. The molecule has 3 rings (SSSR count). The first-order valence-corrected chi connectivity index (χ1v) is 9.40. The van der Waals surface area contributed by atoms with Gasteiger partial charge in [-0.25, -0.2) is 0 Å². The molecule has 0 aliphatic carbocycles. The molecule has 0 saturated heterocycles. The summed E-state index contributed by atoms with van der Waals surface area (Å²) in [5.41, 5.74) is 16.1. The maximum Gasteiger partial charge on any atom is -0.00236 e. The van der Waals surface area contributed by atoms with Crippen molar-refractivity contribution >= 4 is 0 Å². The quantitative estimate of drug-likeness (QED) is 0.459. The van der Waals surface area contributed by atoms with Gasteiger partial charge in [0, 0.05) is 0 Å². The molecule has 1 radical (unpaired) electrons. The predicted molar refractivity (Wildman–Crippen MR) is 114 cm³/mol. The molecule has 26 heavy (non-hydrogen) atoms. The second-order valence-electron chi connectivity index (χ2n) is 7.69. The third kappa shape index (κ3) is 2.88. The summed E-state index contributed by atoms with van der Waals surface area (Å²) in [5, 5.41) is 0. The van der Waals surface area contributed by atoms with E-state index in [1.165, 1.54) is 66.8 Å². The lowest BCUT2D eigenvalue weighted by atomic mass is 9.84. The molecule has 0 heteroatoms. The summed E-state index contributed by atoms with van der Waals surface area (Å²) >= 11 is 0. The van der Waals surface area contributed by atoms with Crippen LogP contribution in [0.2, 0.25) is 0 Å². The monoisotopic (exact) mass is 341 g/mol. The van der Waals surface area contributed by atoms with Crippen molar-refractivity contribution in [1.29, 1.82) is 0 Å². The Balaban J connectivity index is 2.34. The topological polar surface area (TPSA) is 0 Å². The van der Waals surface area contributed by atoms with Crippen LogP contribution in [0.5, 0.6) is 0 Å². The standard InChI is InChI=1S/C26H29/c1-15-13-25(21(7)19(5)17(15)3)23-11-9-10-12-24(23)26-14-16(2)18(4)20(6)22(26)8/h9-11,13-14H,1-8H3. The molecular formula is C26H29. The fourth-order valence-corrected chi connectivity index (χ4v) is 3.85. The fourth-order valence-electron chi connectivity index (χ4n) is 3.85. The Bertz CT molecular complexity index is 921. The van der Waals surface area contributed by atoms with E-state index < -0.39 is 0 Å². The molecule has 0 nitrogen and oxygen atoms in total. The summed E-state index contributed by atoms with van der Waals surface area (Å²) in [4.78, 5) is 0. The average Bonchev–Trinajstić information content (AvgIpc) is 2.64. The summed E-state index contributed by atoms with van der Waals surface area (Å²) in [6.45, 7) is 17.8. The minimum atomic E-state index is 1.21. The van der Waals surface area contributed by atoms with Crippen molar-refractivity contribution in [2.24, 2.45) is 0 Å². The highest BCUT2D eigenvalue weighted by atomic mass is 14.2. The molecule has 0 saturated carbocycles. The van der Waals surface area contributed by atoms with E-state index in [0.29, 0.717) is 0 Å². The van der Waals surface area contributed by atoms with Crippen molar-refractivity contribution in [3.8, 4) is 22.3 Å². The largest absolute Gasteiger partial charge is 0.0610 e. The smallest absolute Gasteiger partial charge is 0.00236 e. The molecule has 0 spiro atoms. The molecule has 0 fully saturated rings. The minimum absolute atomic E-state index is 1.21. The van der Waals surface area contributed by atoms with Crippen LogP contribution in [-0.2, 0) is 0 Å². The van der Waals surface area contributed by atoms with Gasteiger partial charge in [-0.1, -0.05) is 30.3 Å². The van der Waals surface area contributed by atoms with E-state index in [4.69, 9.17) is 0 Å². The summed E-state index contributed by atoms with van der Waals surface area (Å²) in [6.07, 6.45) is 0. The van der Waals surface area contributed by atoms with Crippen molar-refractivity contribution < 1.29 is 0 Å². The van der Waals surface area contributed by atoms with Crippen molar-refractivity contribution in [2.45, 2.75) is 55.4 Å². The van der Waals surface area contributed by atoms with Gasteiger partial charge < -0.3 is 0 Å². The number of rotatable bonds is 2. The average molecular weight is 342 g/mol. The van der Waals surface area contributed by atoms with Crippen LogP contribution in [0.1, 0.15) is 44.5 Å². The van der Waals surface area contributed by atoms with Crippen molar-refractivity contribution in [3.05, 3.63) is 80.9 Å². The van der Waals surface area contributed by atoms with Gasteiger partial charge in [0.05, 0.1) is 0 Å². The van der Waals surface area contributed by atoms with Crippen LogP contribution < -0.4 is 0 Å². The number of aryl methyl sites for hydroxylation is 2. The summed E-state index contributed by atoms with van der Waals surface area (Å²) in [5.74, 6) is 0. The normalized spacial score (nSPS) is 11.1. The van der Waals surface area contributed by atoms with Gasteiger partial charge in [-0.3, -0.25) is 0 Å². The highest BCUT2D eigenvalue weighted by Gasteiger charge is 2.16. The molecule has 3 aromatic rings. The minimum Gasteiger partial charge on any atom is -0.0610 e. The Morgan fingerprint density at radius 2 is 1.04 bits per heavy atom. The van der Waals surface area contributed by atoms with Crippen LogP contribution >= 0.6 is 0 Å². The van der Waals surface area contributed by atoms with Crippen LogP contribution in [0.15, 0.2) is 30.3 Å². The maximum absolute atomic E-state index is 3.55. The van der Waals surface area contributed by atoms with Gasteiger partial charge >= 0.3 is 0 Å². The Morgan fingerprint density at radius 1 is 0.538 bits per heavy atom. The molecule has 0 atom stereocenters. The summed E-state index contributed by atoms with van der Waals surface area (Å²) in [7, 11) is 0. The molecule has 0 N–H and O–H groups in total. The number of hydrogen-bond donors (Lipinski definition) is 0. The van der Waals surface area contributed by atoms with Gasteiger partial charge in [-0.05, 0) is 128 Å². The first-order chi connectivity index (χ1) is 12.2. The fraction of sp³-hybridized carbons (Fsp3) is 0.308. The molecule has 0 aromatic heterocycles. The Morgan fingerprint density at radius 3 is 1.62 bits per heavy atom. The van der Waals surface area contributed by atoms with Crippen LogP contribution in [0.25, 0.3) is 22.3 Å². The zero-order chi connectivity index (χ0) is 19.2. The highest BCUT2D eigenvalue weighted by Crippen LogP contribution is 2.39. The molecule has 0 amide bonds. The van der Waals surface area contributed by atoms with Crippen LogP contribution in [0.4, 0.5) is 0 Å². The van der Waals surface area contributed by atoms with Gasteiger partial charge in [0.1, 0.15) is 0 Å². The lowest BCUT2D eigenvalue weighted by molar-refractivity contribution is 1.21. The van der Waals surface area contributed by atoms with Gasteiger partial charge in [-0.15, -0.1) is 0 Å². The molecule has 0 aliphatic rings. The van der Waals surface area contributed by atoms with E-state index in [2.05, 4.69) is 85.7 Å². The molecule has 133 valence electrons. The number of benzene rings is 3. The van der Waals surface area contributed by atoms with Crippen molar-refractivity contribution in [2.75, 3.05) is 0 Å². The predicted octanol–water partition coefficient (Wildman–Crippen LogP) is 7.29. The van der Waals surface area contributed by atoms with Gasteiger partial charge in [0.25, 0.3) is 0 Å². The third-order valence-electron chi connectivity index (χ3n) is 6.38. The van der Waals surface area contributed by atoms with E-state index in [0.717, 1.165) is 0 Å². The van der Waals surface area contributed by atoms with Gasteiger partial charge in [-0.2, -0.15) is 0 Å². The van der Waals surface area contributed by atoms with Crippen molar-refractivity contribution in [3.63, 3.8) is 0 Å². The zero-order valence-electron chi connectivity index (χ0n) is 17.4. The van der Waals surface area contributed by atoms with Gasteiger partial charge in [0.2, 0.25) is 0 Å². The molecule has 0 unspecified atom stereocenters. The van der Waals surface area contributed by atoms with E-state index >= 15 is 0 Å². The van der Waals surface area contributed by atoms with Gasteiger partial charge in [0.15, 0.2) is 0 Å². The van der Waals surface area contributed by atoms with Crippen LogP contribution in [0, 0.1) is 61.5 Å². The first kappa shape index (κ1) is 18.5. The second kappa shape index (κ2) is 6.76. The molecular weight excluding hydrogens is 312 g/mol. The second-order valence-corrected chi connectivity index (χ2v) is 7.69. The lowest BCUT2D eigenvalue weighted by Crippen LogP contribution is -1.98. The molecule has 0 bridgehead atoms. The summed E-state index contributed by atoms with van der Waals surface area (Å²) < 4.78 is 0. The Kier molecular flexibility index (Phi) is 4.80. The molecule has 3 aromatic carbocycles. The first-order valence-electron chi connectivity index (χ1n) is 9.40. The van der Waals surface area contributed by atoms with Crippen LogP contribution in [0.3, 0.4) is 0 Å². The van der Waals surface area contributed by atoms with E-state index in [-0.39, 0.29) is 0 Å². The van der Waals surface area contributed by atoms with E-state index in [9.17, 15) is 0 Å². The van der Waals surface area contributed by atoms with E-state index in [1.54, 1.807) is 0 Å². The zero-order valence-corrected chi connectivity index (χ0v) is 17.4. The summed E-state index contributed by atoms with van der Waals surface area (Å²) in [6, 6.07) is 14.6. The molecule has 0 aliphatic heterocycles. The van der Waals surface area contributed by atoms with Crippen LogP contribution in [-0.4, -0.2) is 0 Å². The lowest BCUT2D eigenvalue weighted by Gasteiger charge is -2.20. The van der Waals surface area contributed by atoms with E-state index in [1.807, 2.05) is 6.07 Å². The maximum atomic E-state index is 3.55. The third-order valence-corrected chi connectivity index (χ3v) is 6.38. The highest BCUT2D eigenvalue weighted by molar-refractivity contribution is 5.87. The SMILES string of the molecule is Cc1cc(-c2[c]cccc2-c2cc(C)c(C)c(C)c2C)c(C)c(C)c1C.